The summed E-state index contributed by atoms with van der Waals surface area (Å²) in [6.45, 7) is 0. The standard InChI is InChI=1S/C12H8BrCl2FN2O2S/c13-7-4-12(10(17)5-9(7)16)21(19,20)18-11-3-6(14)1-2-8(11)15/h1-5,18H,17H2. The van der Waals surface area contributed by atoms with E-state index in [1.807, 2.05) is 0 Å². The number of rotatable bonds is 3. The minimum atomic E-state index is -4.04. The van der Waals surface area contributed by atoms with E-state index in [-0.39, 0.29) is 25.8 Å². The number of sulfonamides is 1. The zero-order valence-corrected chi connectivity index (χ0v) is 14.1. The molecule has 0 aliphatic rings. The van der Waals surface area contributed by atoms with Crippen molar-refractivity contribution >= 4 is 60.5 Å². The molecule has 2 aromatic rings. The smallest absolute Gasteiger partial charge is 0.264 e. The molecular weight excluding hydrogens is 406 g/mol. The maximum Gasteiger partial charge on any atom is 0.264 e. The summed E-state index contributed by atoms with van der Waals surface area (Å²) in [7, 11) is -4.04. The summed E-state index contributed by atoms with van der Waals surface area (Å²) in [4.78, 5) is -0.271. The molecule has 0 bridgehead atoms. The molecule has 0 amide bonds. The highest BCUT2D eigenvalue weighted by molar-refractivity contribution is 9.10. The van der Waals surface area contributed by atoms with E-state index < -0.39 is 15.8 Å². The Hall–Kier alpha value is -1.02. The second kappa shape index (κ2) is 6.00. The SMILES string of the molecule is Nc1cc(F)c(Br)cc1S(=O)(=O)Nc1cc(Cl)ccc1Cl. The van der Waals surface area contributed by atoms with Crippen LogP contribution >= 0.6 is 39.1 Å². The van der Waals surface area contributed by atoms with Gasteiger partial charge < -0.3 is 5.73 Å². The maximum absolute atomic E-state index is 13.3. The molecule has 21 heavy (non-hydrogen) atoms. The summed E-state index contributed by atoms with van der Waals surface area (Å²) in [6, 6.07) is 6.32. The van der Waals surface area contributed by atoms with Crippen molar-refractivity contribution in [3.05, 3.63) is 50.7 Å². The van der Waals surface area contributed by atoms with Crippen molar-refractivity contribution in [3.8, 4) is 0 Å². The van der Waals surface area contributed by atoms with E-state index in [0.29, 0.717) is 5.02 Å². The Morgan fingerprint density at radius 3 is 2.52 bits per heavy atom. The molecule has 2 rings (SSSR count). The minimum absolute atomic E-state index is 0.0192. The molecule has 3 N–H and O–H groups in total. The maximum atomic E-state index is 13.3. The molecule has 0 atom stereocenters. The van der Waals surface area contributed by atoms with Crippen molar-refractivity contribution in [1.82, 2.24) is 0 Å². The Labute approximate surface area is 139 Å². The van der Waals surface area contributed by atoms with Crippen LogP contribution in [0.25, 0.3) is 0 Å². The van der Waals surface area contributed by atoms with E-state index in [4.69, 9.17) is 28.9 Å². The molecule has 9 heteroatoms. The number of nitrogen functional groups attached to an aromatic ring is 1. The zero-order valence-electron chi connectivity index (χ0n) is 10.2. The van der Waals surface area contributed by atoms with Gasteiger partial charge in [-0.1, -0.05) is 23.2 Å². The van der Waals surface area contributed by atoms with Crippen molar-refractivity contribution in [2.45, 2.75) is 4.90 Å². The average Bonchev–Trinajstić information content (AvgIpc) is 2.37. The highest BCUT2D eigenvalue weighted by Gasteiger charge is 2.21. The van der Waals surface area contributed by atoms with E-state index in [1.165, 1.54) is 18.2 Å². The largest absolute Gasteiger partial charge is 0.398 e. The van der Waals surface area contributed by atoms with E-state index in [0.717, 1.165) is 12.1 Å². The molecule has 0 spiro atoms. The fourth-order valence-corrected chi connectivity index (χ4v) is 3.65. The van der Waals surface area contributed by atoms with E-state index in [1.54, 1.807) is 0 Å². The van der Waals surface area contributed by atoms with Gasteiger partial charge in [-0.05, 0) is 46.3 Å². The van der Waals surface area contributed by atoms with Crippen molar-refractivity contribution in [2.24, 2.45) is 0 Å². The van der Waals surface area contributed by atoms with Crippen LogP contribution in [-0.4, -0.2) is 8.42 Å². The lowest BCUT2D eigenvalue weighted by Gasteiger charge is -2.12. The Morgan fingerprint density at radius 2 is 1.86 bits per heavy atom. The summed E-state index contributed by atoms with van der Waals surface area (Å²) in [5.41, 5.74) is 5.44. The van der Waals surface area contributed by atoms with Crippen LogP contribution in [0.5, 0.6) is 0 Å². The molecule has 112 valence electrons. The van der Waals surface area contributed by atoms with Crippen LogP contribution in [0.1, 0.15) is 0 Å². The first-order valence-electron chi connectivity index (χ1n) is 5.43. The van der Waals surface area contributed by atoms with Crippen LogP contribution in [0.3, 0.4) is 0 Å². The molecular formula is C12H8BrCl2FN2O2S. The lowest BCUT2D eigenvalue weighted by Crippen LogP contribution is -2.15. The quantitative estimate of drug-likeness (QED) is 0.737. The molecule has 0 radical (unpaired) electrons. The van der Waals surface area contributed by atoms with Gasteiger partial charge in [0.1, 0.15) is 10.7 Å². The van der Waals surface area contributed by atoms with Crippen LogP contribution in [0.4, 0.5) is 15.8 Å². The Morgan fingerprint density at radius 1 is 1.19 bits per heavy atom. The van der Waals surface area contributed by atoms with Crippen LogP contribution in [-0.2, 0) is 10.0 Å². The molecule has 0 aromatic heterocycles. The van der Waals surface area contributed by atoms with Gasteiger partial charge in [0.15, 0.2) is 0 Å². The normalized spacial score (nSPS) is 11.4. The number of nitrogens with two attached hydrogens (primary N) is 1. The van der Waals surface area contributed by atoms with Gasteiger partial charge in [-0.25, -0.2) is 12.8 Å². The molecule has 0 aliphatic heterocycles. The third-order valence-corrected chi connectivity index (χ3v) is 5.11. The third kappa shape index (κ3) is 3.60. The molecule has 4 nitrogen and oxygen atoms in total. The highest BCUT2D eigenvalue weighted by atomic mass is 79.9. The monoisotopic (exact) mass is 412 g/mol. The summed E-state index contributed by atoms with van der Waals surface area (Å²) in [6.07, 6.45) is 0. The van der Waals surface area contributed by atoms with Gasteiger partial charge in [-0.15, -0.1) is 0 Å². The fourth-order valence-electron chi connectivity index (χ4n) is 1.55. The zero-order chi connectivity index (χ0) is 15.8. The van der Waals surface area contributed by atoms with E-state index >= 15 is 0 Å². The van der Waals surface area contributed by atoms with Gasteiger partial charge in [0.05, 0.1) is 20.9 Å². The third-order valence-electron chi connectivity index (χ3n) is 2.51. The molecule has 0 unspecified atom stereocenters. The fraction of sp³-hybridized carbons (Fsp3) is 0. The number of anilines is 2. The second-order valence-corrected chi connectivity index (χ2v) is 7.38. The number of nitrogens with one attached hydrogen (secondary N) is 1. The number of benzene rings is 2. The number of halogens is 4. The lowest BCUT2D eigenvalue weighted by molar-refractivity contribution is 0.599. The van der Waals surface area contributed by atoms with Crippen LogP contribution < -0.4 is 10.5 Å². The lowest BCUT2D eigenvalue weighted by atomic mass is 10.3. The van der Waals surface area contributed by atoms with Crippen molar-refractivity contribution in [2.75, 3.05) is 10.5 Å². The van der Waals surface area contributed by atoms with E-state index in [2.05, 4.69) is 20.7 Å². The van der Waals surface area contributed by atoms with Crippen LogP contribution in [0, 0.1) is 5.82 Å². The van der Waals surface area contributed by atoms with Gasteiger partial charge in [0.2, 0.25) is 0 Å². The summed E-state index contributed by atoms with van der Waals surface area (Å²) in [5, 5.41) is 0.480. The van der Waals surface area contributed by atoms with E-state index in [9.17, 15) is 12.8 Å². The van der Waals surface area contributed by atoms with Crippen molar-refractivity contribution in [3.63, 3.8) is 0 Å². The predicted molar refractivity (Wildman–Crippen MR) is 85.8 cm³/mol. The molecule has 0 saturated carbocycles. The van der Waals surface area contributed by atoms with Crippen molar-refractivity contribution in [1.29, 1.82) is 0 Å². The number of hydrogen-bond donors (Lipinski definition) is 2. The molecule has 0 aliphatic carbocycles. The summed E-state index contributed by atoms with van der Waals surface area (Å²) >= 11 is 14.6. The first-order valence-corrected chi connectivity index (χ1v) is 8.46. The Bertz CT molecular complexity index is 815. The van der Waals surface area contributed by atoms with Gasteiger partial charge in [0.25, 0.3) is 10.0 Å². The van der Waals surface area contributed by atoms with Crippen LogP contribution in [0.2, 0.25) is 10.0 Å². The molecule has 0 fully saturated rings. The Balaban J connectivity index is 2.48. The Kier molecular flexibility index (Phi) is 4.67. The first kappa shape index (κ1) is 16.4. The predicted octanol–water partition coefficient (Wildman–Crippen LogP) is 4.28. The number of hydrogen-bond acceptors (Lipinski definition) is 3. The van der Waals surface area contributed by atoms with Crippen LogP contribution in [0.15, 0.2) is 39.7 Å². The molecule has 2 aromatic carbocycles. The second-order valence-electron chi connectivity index (χ2n) is 4.03. The van der Waals surface area contributed by atoms with Gasteiger partial charge in [-0.2, -0.15) is 0 Å². The molecule has 0 heterocycles. The topological polar surface area (TPSA) is 72.2 Å². The first-order chi connectivity index (χ1) is 9.70. The van der Waals surface area contributed by atoms with Gasteiger partial charge in [0, 0.05) is 5.02 Å². The van der Waals surface area contributed by atoms with Crippen molar-refractivity contribution < 1.29 is 12.8 Å². The summed E-state index contributed by atoms with van der Waals surface area (Å²) < 4.78 is 40.2. The summed E-state index contributed by atoms with van der Waals surface area (Å²) in [5.74, 6) is -0.660. The molecule has 0 saturated heterocycles. The highest BCUT2D eigenvalue weighted by Crippen LogP contribution is 2.31. The van der Waals surface area contributed by atoms with Gasteiger partial charge >= 0.3 is 0 Å². The van der Waals surface area contributed by atoms with Gasteiger partial charge in [-0.3, -0.25) is 4.72 Å². The average molecular weight is 414 g/mol. The minimum Gasteiger partial charge on any atom is -0.398 e.